The van der Waals surface area contributed by atoms with Gasteiger partial charge in [-0.15, -0.1) is 0 Å². The molecule has 0 radical (unpaired) electrons. The van der Waals surface area contributed by atoms with Crippen LogP contribution >= 0.6 is 0 Å². The van der Waals surface area contributed by atoms with E-state index in [2.05, 4.69) is 120 Å². The fraction of sp³-hybridized carbons (Fsp3) is 0.158. The number of nitrogens with zero attached hydrogens (tertiary/aromatic N) is 3. The van der Waals surface area contributed by atoms with Crippen LogP contribution in [0.5, 0.6) is 0 Å². The lowest BCUT2D eigenvalue weighted by Crippen LogP contribution is -2.41. The average Bonchev–Trinajstić information content (AvgIpc) is 3.38. The molecule has 3 nitrogen and oxygen atoms in total. The molecule has 2 atom stereocenters. The second-order valence-corrected chi connectivity index (χ2v) is 11.6. The quantitative estimate of drug-likeness (QED) is 0.267. The summed E-state index contributed by atoms with van der Waals surface area (Å²) < 4.78 is 0. The monoisotopic (exact) mass is 527 g/mol. The van der Waals surface area contributed by atoms with Crippen LogP contribution in [0, 0.1) is 0 Å². The van der Waals surface area contributed by atoms with Crippen molar-refractivity contribution >= 4 is 28.4 Å². The summed E-state index contributed by atoms with van der Waals surface area (Å²) in [5.41, 5.74) is 9.99. The number of fused-ring (bicyclic) bond motifs is 3. The first kappa shape index (κ1) is 23.0. The van der Waals surface area contributed by atoms with Crippen molar-refractivity contribution < 1.29 is 0 Å². The van der Waals surface area contributed by atoms with Crippen LogP contribution in [-0.2, 0) is 12.8 Å². The number of hydrogen-bond donors (Lipinski definition) is 0. The molecule has 0 amide bonds. The normalized spacial score (nSPS) is 20.0. The van der Waals surface area contributed by atoms with Crippen LogP contribution in [0.2, 0.25) is 0 Å². The van der Waals surface area contributed by atoms with E-state index in [9.17, 15) is 0 Å². The SMILES string of the molecule is C1=CCC2C(=C1)C1=c3ccc4c5c(ccc(c35)CC1N2c1nc(-c2ccccc2)cc(-c2ccccc2)n1)=CCC4. The van der Waals surface area contributed by atoms with Crippen LogP contribution in [-0.4, -0.2) is 22.1 Å². The van der Waals surface area contributed by atoms with E-state index in [4.69, 9.17) is 9.97 Å². The molecule has 2 heterocycles. The zero-order valence-corrected chi connectivity index (χ0v) is 22.8. The highest BCUT2D eigenvalue weighted by Crippen LogP contribution is 2.45. The zero-order chi connectivity index (χ0) is 26.9. The molecule has 1 saturated heterocycles. The molecule has 0 bridgehead atoms. The summed E-state index contributed by atoms with van der Waals surface area (Å²) in [7, 11) is 0. The first-order valence-corrected chi connectivity index (χ1v) is 14.8. The Labute approximate surface area is 239 Å². The number of aryl methyl sites for hydroxylation is 1. The van der Waals surface area contributed by atoms with Crippen LogP contribution in [0.4, 0.5) is 5.95 Å². The number of anilines is 1. The maximum absolute atomic E-state index is 5.29. The second-order valence-electron chi connectivity index (χ2n) is 11.6. The molecule has 0 N–H and O–H groups in total. The van der Waals surface area contributed by atoms with Gasteiger partial charge in [0.2, 0.25) is 5.95 Å². The van der Waals surface area contributed by atoms with Gasteiger partial charge < -0.3 is 4.90 Å². The van der Waals surface area contributed by atoms with Crippen molar-refractivity contribution in [1.82, 2.24) is 9.97 Å². The van der Waals surface area contributed by atoms with Gasteiger partial charge in [0, 0.05) is 11.1 Å². The number of allylic oxidation sites excluding steroid dienone is 2. The summed E-state index contributed by atoms with van der Waals surface area (Å²) in [6.07, 6.45) is 13.5. The summed E-state index contributed by atoms with van der Waals surface area (Å²) in [5.74, 6) is 0.818. The van der Waals surface area contributed by atoms with E-state index in [1.54, 1.807) is 0 Å². The van der Waals surface area contributed by atoms with E-state index in [1.165, 1.54) is 43.5 Å². The van der Waals surface area contributed by atoms with Gasteiger partial charge in [-0.25, -0.2) is 9.97 Å². The molecule has 2 unspecified atom stereocenters. The van der Waals surface area contributed by atoms with E-state index in [-0.39, 0.29) is 12.1 Å². The van der Waals surface area contributed by atoms with Crippen LogP contribution < -0.4 is 15.3 Å². The Kier molecular flexibility index (Phi) is 4.98. The highest BCUT2D eigenvalue weighted by molar-refractivity contribution is 5.97. The van der Waals surface area contributed by atoms with Crippen molar-refractivity contribution in [2.75, 3.05) is 4.90 Å². The van der Waals surface area contributed by atoms with E-state index >= 15 is 0 Å². The number of aromatic nitrogens is 2. The molecule has 1 aliphatic heterocycles. The zero-order valence-electron chi connectivity index (χ0n) is 22.8. The number of benzene rings is 4. The van der Waals surface area contributed by atoms with Crippen molar-refractivity contribution in [1.29, 1.82) is 0 Å². The lowest BCUT2D eigenvalue weighted by atomic mass is 9.81. The standard InChI is InChI=1S/C38H29N3/c1-3-10-24(11-4-1)31-23-32(25-12-5-2-6-13-25)40-38(39-31)41-33-17-8-7-16-29(33)37-30-21-20-27-15-9-14-26-18-19-28(22-34(37)41)36(30)35(26)27/h1-8,10-14,16,18-21,23,33-34H,9,15,17,22H2. The largest absolute Gasteiger partial charge is 0.326 e. The van der Waals surface area contributed by atoms with Gasteiger partial charge in [0.15, 0.2) is 0 Å². The van der Waals surface area contributed by atoms with Crippen molar-refractivity contribution in [3.8, 4) is 22.5 Å². The summed E-state index contributed by atoms with van der Waals surface area (Å²) in [5, 5.41) is 5.76. The summed E-state index contributed by atoms with van der Waals surface area (Å²) >= 11 is 0. The molecule has 9 rings (SSSR count). The minimum Gasteiger partial charge on any atom is -0.326 e. The molecule has 41 heavy (non-hydrogen) atoms. The summed E-state index contributed by atoms with van der Waals surface area (Å²) in [6.45, 7) is 0. The van der Waals surface area contributed by atoms with Gasteiger partial charge in [-0.1, -0.05) is 109 Å². The molecule has 196 valence electrons. The van der Waals surface area contributed by atoms with Crippen LogP contribution in [0.3, 0.4) is 0 Å². The summed E-state index contributed by atoms with van der Waals surface area (Å²) in [4.78, 5) is 13.1. The van der Waals surface area contributed by atoms with Gasteiger partial charge >= 0.3 is 0 Å². The first-order valence-electron chi connectivity index (χ1n) is 14.8. The minimum atomic E-state index is 0.195. The van der Waals surface area contributed by atoms with E-state index < -0.39 is 0 Å². The fourth-order valence-electron chi connectivity index (χ4n) is 7.61. The molecule has 4 aliphatic rings. The molecule has 0 saturated carbocycles. The Morgan fingerprint density at radius 2 is 1.44 bits per heavy atom. The van der Waals surface area contributed by atoms with Crippen molar-refractivity contribution in [3.63, 3.8) is 0 Å². The maximum Gasteiger partial charge on any atom is 0.227 e. The lowest BCUT2D eigenvalue weighted by Gasteiger charge is -2.32. The van der Waals surface area contributed by atoms with Crippen molar-refractivity contribution in [2.24, 2.45) is 0 Å². The smallest absolute Gasteiger partial charge is 0.227 e. The highest BCUT2D eigenvalue weighted by Gasteiger charge is 2.45. The molecule has 1 aromatic heterocycles. The average molecular weight is 528 g/mol. The van der Waals surface area contributed by atoms with Crippen molar-refractivity contribution in [2.45, 2.75) is 37.8 Å². The Balaban J connectivity index is 1.31. The second kappa shape index (κ2) is 8.87. The Hall–Kier alpha value is -4.76. The third kappa shape index (κ3) is 3.45. The van der Waals surface area contributed by atoms with Crippen LogP contribution in [0.15, 0.2) is 115 Å². The molecule has 3 heteroatoms. The molecule has 3 aliphatic carbocycles. The Morgan fingerprint density at radius 3 is 2.20 bits per heavy atom. The predicted molar refractivity (Wildman–Crippen MR) is 168 cm³/mol. The number of rotatable bonds is 3. The van der Waals surface area contributed by atoms with Gasteiger partial charge in [0.05, 0.1) is 23.5 Å². The van der Waals surface area contributed by atoms with Gasteiger partial charge in [0.25, 0.3) is 0 Å². The number of hydrogen-bond acceptors (Lipinski definition) is 3. The molecule has 5 aromatic rings. The van der Waals surface area contributed by atoms with Crippen LogP contribution in [0.1, 0.15) is 24.0 Å². The third-order valence-electron chi connectivity index (χ3n) is 9.38. The molecule has 0 spiro atoms. The molecular formula is C38H29N3. The van der Waals surface area contributed by atoms with E-state index in [1.807, 2.05) is 0 Å². The topological polar surface area (TPSA) is 29.0 Å². The molecule has 1 fully saturated rings. The minimum absolute atomic E-state index is 0.195. The lowest BCUT2D eigenvalue weighted by molar-refractivity contribution is 0.644. The van der Waals surface area contributed by atoms with Gasteiger partial charge in [-0.2, -0.15) is 0 Å². The van der Waals surface area contributed by atoms with Gasteiger partial charge in [-0.3, -0.25) is 0 Å². The van der Waals surface area contributed by atoms with Gasteiger partial charge in [0.1, 0.15) is 0 Å². The molecular weight excluding hydrogens is 498 g/mol. The Bertz CT molecular complexity index is 2000. The van der Waals surface area contributed by atoms with E-state index in [0.717, 1.165) is 54.1 Å². The predicted octanol–water partition coefficient (Wildman–Crippen LogP) is 6.54. The Morgan fingerprint density at radius 1 is 0.707 bits per heavy atom. The fourth-order valence-corrected chi connectivity index (χ4v) is 7.61. The highest BCUT2D eigenvalue weighted by atomic mass is 15.3. The van der Waals surface area contributed by atoms with E-state index in [0.29, 0.717) is 0 Å². The first-order chi connectivity index (χ1) is 20.3. The summed E-state index contributed by atoms with van der Waals surface area (Å²) in [6, 6.07) is 33.1. The van der Waals surface area contributed by atoms with Crippen LogP contribution in [0.25, 0.3) is 44.9 Å². The maximum atomic E-state index is 5.29. The third-order valence-corrected chi connectivity index (χ3v) is 9.38. The molecule has 4 aromatic carbocycles. The van der Waals surface area contributed by atoms with Gasteiger partial charge in [-0.05, 0) is 75.2 Å². The van der Waals surface area contributed by atoms with Crippen molar-refractivity contribution in [3.05, 3.63) is 136 Å².